The molecule has 11 heavy (non-hydrogen) atoms. The fourth-order valence-corrected chi connectivity index (χ4v) is 1.07. The standard InChI is InChI=1S/C9H7O2/c1-10-8-4-2-3-7-5-6-11-9(7)8/h2-5H,1H3. The Bertz CT molecular complexity index is 362. The number of methoxy groups -OCH3 is 1. The zero-order chi connectivity index (χ0) is 7.68. The highest BCUT2D eigenvalue weighted by Gasteiger charge is 2.01. The number of furan rings is 1. The zero-order valence-electron chi connectivity index (χ0n) is 6.13. The van der Waals surface area contributed by atoms with Gasteiger partial charge in [-0.2, -0.15) is 0 Å². The van der Waals surface area contributed by atoms with Crippen molar-refractivity contribution < 1.29 is 9.15 Å². The molecule has 0 bridgehead atoms. The molecule has 1 aromatic carbocycles. The molecular weight excluding hydrogens is 140 g/mol. The second kappa shape index (κ2) is 2.31. The maximum atomic E-state index is 5.09. The lowest BCUT2D eigenvalue weighted by Gasteiger charge is -1.97. The van der Waals surface area contributed by atoms with Gasteiger partial charge in [0, 0.05) is 5.39 Å². The van der Waals surface area contributed by atoms with Crippen LogP contribution in [-0.2, 0) is 0 Å². The first-order valence-corrected chi connectivity index (χ1v) is 3.34. The molecule has 2 heteroatoms. The van der Waals surface area contributed by atoms with E-state index in [0.29, 0.717) is 0 Å². The van der Waals surface area contributed by atoms with Crippen LogP contribution in [0.5, 0.6) is 5.75 Å². The van der Waals surface area contributed by atoms with Crippen molar-refractivity contribution in [3.05, 3.63) is 30.5 Å². The average Bonchev–Trinajstić information content (AvgIpc) is 2.50. The number of fused-ring (bicyclic) bond motifs is 1. The largest absolute Gasteiger partial charge is 0.493 e. The third-order valence-corrected chi connectivity index (χ3v) is 1.60. The summed E-state index contributed by atoms with van der Waals surface area (Å²) >= 11 is 0. The second-order valence-corrected chi connectivity index (χ2v) is 2.24. The van der Waals surface area contributed by atoms with Crippen molar-refractivity contribution in [1.82, 2.24) is 0 Å². The minimum Gasteiger partial charge on any atom is -0.493 e. The highest BCUT2D eigenvalue weighted by Crippen LogP contribution is 2.25. The molecule has 1 radical (unpaired) electrons. The number of rotatable bonds is 1. The van der Waals surface area contributed by atoms with E-state index >= 15 is 0 Å². The van der Waals surface area contributed by atoms with Crippen LogP contribution in [0.3, 0.4) is 0 Å². The summed E-state index contributed by atoms with van der Waals surface area (Å²) in [6.07, 6.45) is 2.66. The molecule has 0 N–H and O–H groups in total. The molecule has 0 saturated carbocycles. The molecule has 0 fully saturated rings. The third kappa shape index (κ3) is 0.871. The van der Waals surface area contributed by atoms with Crippen molar-refractivity contribution >= 4 is 11.0 Å². The van der Waals surface area contributed by atoms with Crippen LogP contribution in [0.25, 0.3) is 11.0 Å². The number of ether oxygens (including phenoxy) is 1. The van der Waals surface area contributed by atoms with Crippen LogP contribution < -0.4 is 4.74 Å². The topological polar surface area (TPSA) is 22.4 Å². The smallest absolute Gasteiger partial charge is 0.176 e. The average molecular weight is 147 g/mol. The molecule has 2 rings (SSSR count). The second-order valence-electron chi connectivity index (χ2n) is 2.24. The molecular formula is C9H7O2. The lowest BCUT2D eigenvalue weighted by molar-refractivity contribution is 0.410. The predicted molar refractivity (Wildman–Crippen MR) is 41.6 cm³/mol. The van der Waals surface area contributed by atoms with Gasteiger partial charge in [-0.1, -0.05) is 12.1 Å². The van der Waals surface area contributed by atoms with Gasteiger partial charge in [-0.3, -0.25) is 0 Å². The molecule has 2 nitrogen and oxygen atoms in total. The maximum Gasteiger partial charge on any atom is 0.176 e. The maximum absolute atomic E-state index is 5.09. The molecule has 0 amide bonds. The van der Waals surface area contributed by atoms with Crippen molar-refractivity contribution in [3.63, 3.8) is 0 Å². The van der Waals surface area contributed by atoms with Gasteiger partial charge in [-0.25, -0.2) is 0 Å². The third-order valence-electron chi connectivity index (χ3n) is 1.60. The monoisotopic (exact) mass is 147 g/mol. The molecule has 0 spiro atoms. The van der Waals surface area contributed by atoms with Gasteiger partial charge in [-0.15, -0.1) is 0 Å². The Balaban J connectivity index is 2.79. The van der Waals surface area contributed by atoms with Crippen LogP contribution in [0.1, 0.15) is 0 Å². The van der Waals surface area contributed by atoms with E-state index in [1.165, 1.54) is 0 Å². The first-order chi connectivity index (χ1) is 5.42. The predicted octanol–water partition coefficient (Wildman–Crippen LogP) is 2.24. The van der Waals surface area contributed by atoms with Crippen molar-refractivity contribution in [1.29, 1.82) is 0 Å². The Kier molecular flexibility index (Phi) is 1.32. The zero-order valence-corrected chi connectivity index (χ0v) is 6.13. The Morgan fingerprint density at radius 1 is 1.45 bits per heavy atom. The van der Waals surface area contributed by atoms with Gasteiger partial charge in [0.25, 0.3) is 0 Å². The molecule has 0 aliphatic heterocycles. The number of benzene rings is 1. The molecule has 55 valence electrons. The van der Waals surface area contributed by atoms with E-state index in [-0.39, 0.29) is 0 Å². The van der Waals surface area contributed by atoms with Gasteiger partial charge >= 0.3 is 0 Å². The molecule has 0 aliphatic rings. The Hall–Kier alpha value is -1.44. The number of hydrogen-bond donors (Lipinski definition) is 0. The summed E-state index contributed by atoms with van der Waals surface area (Å²) in [6.45, 7) is 0. The van der Waals surface area contributed by atoms with Crippen LogP contribution >= 0.6 is 0 Å². The molecule has 0 aliphatic carbocycles. The fourth-order valence-electron chi connectivity index (χ4n) is 1.07. The number of hydrogen-bond acceptors (Lipinski definition) is 2. The lowest BCUT2D eigenvalue weighted by atomic mass is 10.2. The molecule has 1 aromatic heterocycles. The Morgan fingerprint density at radius 2 is 2.36 bits per heavy atom. The highest BCUT2D eigenvalue weighted by molar-refractivity contribution is 5.82. The first kappa shape index (κ1) is 6.28. The van der Waals surface area contributed by atoms with Gasteiger partial charge in [0.15, 0.2) is 17.6 Å². The van der Waals surface area contributed by atoms with E-state index in [1.54, 1.807) is 13.2 Å². The van der Waals surface area contributed by atoms with Crippen LogP contribution in [0, 0.1) is 6.26 Å². The molecule has 0 unspecified atom stereocenters. The quantitative estimate of drug-likeness (QED) is 0.617. The molecule has 2 aromatic rings. The van der Waals surface area contributed by atoms with E-state index < -0.39 is 0 Å². The van der Waals surface area contributed by atoms with Gasteiger partial charge in [0.05, 0.1) is 7.11 Å². The van der Waals surface area contributed by atoms with Gasteiger partial charge in [0.2, 0.25) is 0 Å². The van der Waals surface area contributed by atoms with E-state index in [0.717, 1.165) is 16.7 Å². The molecule has 1 heterocycles. The first-order valence-electron chi connectivity index (χ1n) is 3.34. The summed E-state index contributed by atoms with van der Waals surface area (Å²) in [4.78, 5) is 0. The SMILES string of the molecule is COc1cccc2c[c]oc12. The van der Waals surface area contributed by atoms with Crippen LogP contribution in [0.15, 0.2) is 28.7 Å². The summed E-state index contributed by atoms with van der Waals surface area (Å²) in [7, 11) is 1.62. The van der Waals surface area contributed by atoms with Gasteiger partial charge in [-0.05, 0) is 12.1 Å². The summed E-state index contributed by atoms with van der Waals surface area (Å²) in [5.74, 6) is 0.753. The highest BCUT2D eigenvalue weighted by atomic mass is 16.5. The van der Waals surface area contributed by atoms with Crippen LogP contribution in [0.2, 0.25) is 0 Å². The van der Waals surface area contributed by atoms with Crippen LogP contribution in [-0.4, -0.2) is 7.11 Å². The minimum absolute atomic E-state index is 0.753. The van der Waals surface area contributed by atoms with Gasteiger partial charge < -0.3 is 9.15 Å². The minimum atomic E-state index is 0.753. The van der Waals surface area contributed by atoms with E-state index in [9.17, 15) is 0 Å². The number of para-hydroxylation sites is 1. The Labute approximate surface area is 64.4 Å². The molecule has 0 atom stereocenters. The van der Waals surface area contributed by atoms with Crippen molar-refractivity contribution in [2.24, 2.45) is 0 Å². The summed E-state index contributed by atoms with van der Waals surface area (Å²) in [5.41, 5.74) is 0.759. The lowest BCUT2D eigenvalue weighted by Crippen LogP contribution is -1.81. The fraction of sp³-hybridized carbons (Fsp3) is 0.111. The van der Waals surface area contributed by atoms with Crippen molar-refractivity contribution in [2.45, 2.75) is 0 Å². The normalized spacial score (nSPS) is 10.3. The van der Waals surface area contributed by atoms with Gasteiger partial charge in [0.1, 0.15) is 0 Å². The Morgan fingerprint density at radius 3 is 3.18 bits per heavy atom. The summed E-state index contributed by atoms with van der Waals surface area (Å²) in [6, 6.07) is 7.53. The summed E-state index contributed by atoms with van der Waals surface area (Å²) < 4.78 is 10.2. The van der Waals surface area contributed by atoms with Crippen molar-refractivity contribution in [3.8, 4) is 5.75 Å². The van der Waals surface area contributed by atoms with Crippen LogP contribution in [0.4, 0.5) is 0 Å². The van der Waals surface area contributed by atoms with Crippen molar-refractivity contribution in [2.75, 3.05) is 7.11 Å². The molecule has 0 saturated heterocycles. The van der Waals surface area contributed by atoms with E-state index in [4.69, 9.17) is 9.15 Å². The van der Waals surface area contributed by atoms with E-state index in [1.807, 2.05) is 18.2 Å². The van der Waals surface area contributed by atoms with E-state index in [2.05, 4.69) is 6.26 Å². The summed E-state index contributed by atoms with van der Waals surface area (Å²) in [5, 5.41) is 1.02.